The van der Waals surface area contributed by atoms with Crippen molar-refractivity contribution in [3.8, 4) is 0 Å². The molecule has 1 aromatic carbocycles. The van der Waals surface area contributed by atoms with E-state index in [2.05, 4.69) is 46.3 Å². The second-order valence-corrected chi connectivity index (χ2v) is 7.77. The summed E-state index contributed by atoms with van der Waals surface area (Å²) in [5.41, 5.74) is 2.87. The lowest BCUT2D eigenvalue weighted by Gasteiger charge is -2.31. The van der Waals surface area contributed by atoms with E-state index >= 15 is 0 Å². The number of hydrogen-bond donors (Lipinski definition) is 0. The smallest absolute Gasteiger partial charge is 0.120 e. The highest BCUT2D eigenvalue weighted by atomic mass is 32.1. The molecule has 0 radical (unpaired) electrons. The van der Waals surface area contributed by atoms with E-state index in [0.717, 1.165) is 12.5 Å². The van der Waals surface area contributed by atoms with E-state index in [4.69, 9.17) is 0 Å². The Labute approximate surface area is 136 Å². The second-order valence-electron chi connectivity index (χ2n) is 6.73. The summed E-state index contributed by atoms with van der Waals surface area (Å²) in [7, 11) is 0. The summed E-state index contributed by atoms with van der Waals surface area (Å²) in [6.07, 6.45) is 5.10. The van der Waals surface area contributed by atoms with Gasteiger partial charge in [0.05, 0.1) is 0 Å². The van der Waals surface area contributed by atoms with Crippen molar-refractivity contribution in [3.63, 3.8) is 0 Å². The van der Waals surface area contributed by atoms with Gasteiger partial charge in [-0.2, -0.15) is 0 Å². The molecule has 1 aromatic heterocycles. The summed E-state index contributed by atoms with van der Waals surface area (Å²) in [5, 5.41) is 11.5. The predicted molar refractivity (Wildman–Crippen MR) is 90.3 cm³/mol. The normalized spacial score (nSPS) is 20.4. The summed E-state index contributed by atoms with van der Waals surface area (Å²) in [4.78, 5) is 2.58. The first-order valence-corrected chi connectivity index (χ1v) is 9.21. The van der Waals surface area contributed by atoms with Crippen molar-refractivity contribution in [3.05, 3.63) is 45.4 Å². The van der Waals surface area contributed by atoms with Crippen LogP contribution in [0.2, 0.25) is 0 Å². The Hall–Kier alpha value is -1.26. The number of aromatic nitrogens is 2. The van der Waals surface area contributed by atoms with Gasteiger partial charge in [0.1, 0.15) is 10.0 Å². The van der Waals surface area contributed by atoms with Crippen LogP contribution in [0, 0.1) is 6.92 Å². The number of rotatable bonds is 4. The Morgan fingerprint density at radius 1 is 1.00 bits per heavy atom. The number of likely N-dealkylation sites (tertiary alicyclic amines) is 1. The number of aryl methyl sites for hydroxylation is 1. The Bertz CT molecular complexity index is 639. The molecule has 2 aliphatic rings. The van der Waals surface area contributed by atoms with Gasteiger partial charge in [0.15, 0.2) is 0 Å². The van der Waals surface area contributed by atoms with E-state index in [9.17, 15) is 0 Å². The van der Waals surface area contributed by atoms with Gasteiger partial charge in [-0.25, -0.2) is 0 Å². The summed E-state index contributed by atoms with van der Waals surface area (Å²) < 4.78 is 0. The summed E-state index contributed by atoms with van der Waals surface area (Å²) in [5.74, 6) is 1.38. The van der Waals surface area contributed by atoms with E-state index in [1.165, 1.54) is 59.9 Å². The van der Waals surface area contributed by atoms with Crippen LogP contribution in [-0.2, 0) is 6.54 Å². The van der Waals surface area contributed by atoms with Crippen molar-refractivity contribution >= 4 is 11.3 Å². The number of hydrogen-bond acceptors (Lipinski definition) is 4. The molecule has 2 fully saturated rings. The van der Waals surface area contributed by atoms with E-state index in [1.807, 2.05) is 11.3 Å². The number of piperidine rings is 1. The first kappa shape index (κ1) is 14.3. The van der Waals surface area contributed by atoms with Crippen molar-refractivity contribution in [1.29, 1.82) is 0 Å². The third-order valence-corrected chi connectivity index (χ3v) is 6.22. The molecule has 2 aromatic rings. The van der Waals surface area contributed by atoms with Gasteiger partial charge < -0.3 is 0 Å². The van der Waals surface area contributed by atoms with Crippen LogP contribution in [0.1, 0.15) is 58.7 Å². The highest BCUT2D eigenvalue weighted by Crippen LogP contribution is 2.43. The lowest BCUT2D eigenvalue weighted by Crippen LogP contribution is -2.32. The molecule has 0 amide bonds. The third-order valence-electron chi connectivity index (χ3n) is 4.97. The van der Waals surface area contributed by atoms with Crippen molar-refractivity contribution in [1.82, 2.24) is 15.1 Å². The van der Waals surface area contributed by atoms with Gasteiger partial charge in [0.2, 0.25) is 0 Å². The van der Waals surface area contributed by atoms with Gasteiger partial charge in [-0.3, -0.25) is 4.90 Å². The van der Waals surface area contributed by atoms with Crippen LogP contribution >= 0.6 is 11.3 Å². The third kappa shape index (κ3) is 3.08. The zero-order chi connectivity index (χ0) is 14.9. The van der Waals surface area contributed by atoms with Crippen molar-refractivity contribution in [2.45, 2.75) is 51.0 Å². The quantitative estimate of drug-likeness (QED) is 0.851. The molecule has 22 heavy (non-hydrogen) atoms. The highest BCUT2D eigenvalue weighted by molar-refractivity contribution is 7.11. The zero-order valence-corrected chi connectivity index (χ0v) is 14.0. The van der Waals surface area contributed by atoms with Crippen LogP contribution in [-0.4, -0.2) is 28.2 Å². The largest absolute Gasteiger partial charge is 0.299 e. The molecule has 1 saturated heterocycles. The zero-order valence-electron chi connectivity index (χ0n) is 13.2. The maximum Gasteiger partial charge on any atom is 0.120 e. The SMILES string of the molecule is Cc1ccccc1CN1CCC(c2nnc(C3CC3)s2)CC1. The van der Waals surface area contributed by atoms with E-state index in [-0.39, 0.29) is 0 Å². The van der Waals surface area contributed by atoms with Gasteiger partial charge in [-0.05, 0) is 56.8 Å². The average Bonchev–Trinajstić information content (AvgIpc) is 3.28. The maximum absolute atomic E-state index is 4.47. The molecular weight excluding hydrogens is 290 g/mol. The first-order valence-electron chi connectivity index (χ1n) is 8.40. The van der Waals surface area contributed by atoms with E-state index in [1.54, 1.807) is 0 Å². The topological polar surface area (TPSA) is 29.0 Å². The molecule has 0 spiro atoms. The van der Waals surface area contributed by atoms with Crippen LogP contribution in [0.25, 0.3) is 0 Å². The second kappa shape index (κ2) is 6.09. The molecule has 3 nitrogen and oxygen atoms in total. The van der Waals surface area contributed by atoms with Crippen LogP contribution in [0.15, 0.2) is 24.3 Å². The molecule has 116 valence electrons. The molecule has 2 heterocycles. The molecule has 0 N–H and O–H groups in total. The minimum absolute atomic E-state index is 0.637. The molecular formula is C18H23N3S. The molecule has 1 aliphatic carbocycles. The van der Waals surface area contributed by atoms with Gasteiger partial charge in [0, 0.05) is 18.4 Å². The number of nitrogens with zero attached hydrogens (tertiary/aromatic N) is 3. The Morgan fingerprint density at radius 3 is 2.27 bits per heavy atom. The predicted octanol–water partition coefficient (Wildman–Crippen LogP) is 4.10. The first-order chi connectivity index (χ1) is 10.8. The fraction of sp³-hybridized carbons (Fsp3) is 0.556. The lowest BCUT2D eigenvalue weighted by atomic mass is 9.97. The molecule has 0 bridgehead atoms. The molecule has 1 saturated carbocycles. The molecule has 4 rings (SSSR count). The van der Waals surface area contributed by atoms with Gasteiger partial charge in [0.25, 0.3) is 0 Å². The Kier molecular flexibility index (Phi) is 3.97. The van der Waals surface area contributed by atoms with Gasteiger partial charge in [-0.1, -0.05) is 24.3 Å². The number of benzene rings is 1. The summed E-state index contributed by atoms with van der Waals surface area (Å²) in [6, 6.07) is 8.74. The van der Waals surface area contributed by atoms with Crippen molar-refractivity contribution < 1.29 is 0 Å². The minimum atomic E-state index is 0.637. The van der Waals surface area contributed by atoms with Crippen LogP contribution in [0.5, 0.6) is 0 Å². The van der Waals surface area contributed by atoms with Crippen LogP contribution in [0.3, 0.4) is 0 Å². The van der Waals surface area contributed by atoms with Crippen LogP contribution < -0.4 is 0 Å². The average molecular weight is 313 g/mol. The van der Waals surface area contributed by atoms with Gasteiger partial charge >= 0.3 is 0 Å². The van der Waals surface area contributed by atoms with Crippen molar-refractivity contribution in [2.75, 3.05) is 13.1 Å². The molecule has 1 aliphatic heterocycles. The standard InChI is InChI=1S/C18H23N3S/c1-13-4-2-3-5-16(13)12-21-10-8-15(9-11-21)18-20-19-17(22-18)14-6-7-14/h2-5,14-15H,6-12H2,1H3. The maximum atomic E-state index is 4.47. The molecule has 4 heteroatoms. The van der Waals surface area contributed by atoms with E-state index < -0.39 is 0 Å². The highest BCUT2D eigenvalue weighted by Gasteiger charge is 2.30. The lowest BCUT2D eigenvalue weighted by molar-refractivity contribution is 0.204. The fourth-order valence-corrected chi connectivity index (χ4v) is 4.46. The van der Waals surface area contributed by atoms with Crippen molar-refractivity contribution in [2.24, 2.45) is 0 Å². The van der Waals surface area contributed by atoms with Crippen LogP contribution in [0.4, 0.5) is 0 Å². The Morgan fingerprint density at radius 2 is 1.64 bits per heavy atom. The minimum Gasteiger partial charge on any atom is -0.299 e. The fourth-order valence-electron chi connectivity index (χ4n) is 3.27. The Balaban J connectivity index is 1.34. The molecule has 0 atom stereocenters. The summed E-state index contributed by atoms with van der Waals surface area (Å²) >= 11 is 1.88. The summed E-state index contributed by atoms with van der Waals surface area (Å²) in [6.45, 7) is 5.65. The molecule has 0 unspecified atom stereocenters. The van der Waals surface area contributed by atoms with E-state index in [0.29, 0.717) is 5.92 Å². The van der Waals surface area contributed by atoms with Gasteiger partial charge in [-0.15, -0.1) is 21.5 Å². The monoisotopic (exact) mass is 313 g/mol.